The SMILES string of the molecule is Cc1nn(-c2cc(Cl)cc(Cl)c2)c2c1C(c1cccc([N+](=O)[O-])c1)=C(C#N)C(N)O2. The predicted molar refractivity (Wildman–Crippen MR) is 112 cm³/mol. The lowest BCUT2D eigenvalue weighted by atomic mass is 9.91. The van der Waals surface area contributed by atoms with Crippen LogP contribution in [0.3, 0.4) is 0 Å². The van der Waals surface area contributed by atoms with Crippen molar-refractivity contribution < 1.29 is 9.66 Å². The van der Waals surface area contributed by atoms with E-state index in [1.807, 2.05) is 0 Å². The second-order valence-electron chi connectivity index (χ2n) is 6.55. The van der Waals surface area contributed by atoms with Gasteiger partial charge in [0.15, 0.2) is 6.23 Å². The number of hydrogen-bond acceptors (Lipinski definition) is 6. The zero-order chi connectivity index (χ0) is 21.6. The lowest BCUT2D eigenvalue weighted by molar-refractivity contribution is -0.384. The maximum Gasteiger partial charge on any atom is 0.270 e. The van der Waals surface area contributed by atoms with Crippen molar-refractivity contribution in [2.75, 3.05) is 0 Å². The Morgan fingerprint density at radius 1 is 1.27 bits per heavy atom. The van der Waals surface area contributed by atoms with Gasteiger partial charge in [-0.05, 0) is 30.7 Å². The summed E-state index contributed by atoms with van der Waals surface area (Å²) in [6.45, 7) is 1.74. The van der Waals surface area contributed by atoms with E-state index in [-0.39, 0.29) is 11.3 Å². The van der Waals surface area contributed by atoms with Gasteiger partial charge < -0.3 is 4.74 Å². The van der Waals surface area contributed by atoms with Crippen LogP contribution in [-0.2, 0) is 0 Å². The molecule has 0 aliphatic carbocycles. The summed E-state index contributed by atoms with van der Waals surface area (Å²) in [7, 11) is 0. The first kappa shape index (κ1) is 19.9. The fraction of sp³-hybridized carbons (Fsp3) is 0.100. The number of nitro benzene ring substituents is 1. The predicted octanol–water partition coefficient (Wildman–Crippen LogP) is 4.40. The number of benzene rings is 2. The van der Waals surface area contributed by atoms with Gasteiger partial charge in [-0.15, -0.1) is 0 Å². The van der Waals surface area contributed by atoms with Crippen LogP contribution < -0.4 is 10.5 Å². The van der Waals surface area contributed by atoms with E-state index < -0.39 is 11.2 Å². The number of hydrogen-bond donors (Lipinski definition) is 1. The summed E-state index contributed by atoms with van der Waals surface area (Å²) in [4.78, 5) is 10.8. The highest BCUT2D eigenvalue weighted by molar-refractivity contribution is 6.34. The van der Waals surface area contributed by atoms with E-state index >= 15 is 0 Å². The summed E-state index contributed by atoms with van der Waals surface area (Å²) in [5.74, 6) is 0.291. The maximum atomic E-state index is 11.3. The Kier molecular flexibility index (Phi) is 4.95. The lowest BCUT2D eigenvalue weighted by Crippen LogP contribution is -2.33. The molecule has 2 heterocycles. The van der Waals surface area contributed by atoms with Gasteiger partial charge >= 0.3 is 0 Å². The van der Waals surface area contributed by atoms with Crippen LogP contribution in [0.5, 0.6) is 5.88 Å². The highest BCUT2D eigenvalue weighted by Gasteiger charge is 2.34. The minimum Gasteiger partial charge on any atom is -0.453 e. The van der Waals surface area contributed by atoms with Gasteiger partial charge in [-0.1, -0.05) is 35.3 Å². The first-order valence-corrected chi connectivity index (χ1v) is 9.43. The van der Waals surface area contributed by atoms with Crippen molar-refractivity contribution in [3.8, 4) is 17.6 Å². The van der Waals surface area contributed by atoms with Crippen LogP contribution in [0.2, 0.25) is 10.0 Å². The highest BCUT2D eigenvalue weighted by atomic mass is 35.5. The molecule has 10 heteroatoms. The van der Waals surface area contributed by atoms with Crippen molar-refractivity contribution >= 4 is 34.5 Å². The van der Waals surface area contributed by atoms with Crippen LogP contribution in [-0.4, -0.2) is 20.9 Å². The quantitative estimate of drug-likeness (QED) is 0.474. The second-order valence-corrected chi connectivity index (χ2v) is 7.42. The Hall–Kier alpha value is -3.38. The molecule has 0 fully saturated rings. The fourth-order valence-corrected chi connectivity index (χ4v) is 3.90. The fourth-order valence-electron chi connectivity index (χ4n) is 3.39. The Morgan fingerprint density at radius 2 is 1.97 bits per heavy atom. The molecule has 1 aromatic heterocycles. The molecule has 3 aromatic rings. The molecule has 0 spiro atoms. The number of fused-ring (bicyclic) bond motifs is 1. The zero-order valence-electron chi connectivity index (χ0n) is 15.5. The van der Waals surface area contributed by atoms with E-state index in [2.05, 4.69) is 11.2 Å². The van der Waals surface area contributed by atoms with Gasteiger partial charge in [0, 0.05) is 27.8 Å². The molecule has 8 nitrogen and oxygen atoms in total. The normalized spacial score (nSPS) is 15.4. The molecular formula is C20H13Cl2N5O3. The molecule has 1 aliphatic heterocycles. The number of aryl methyl sites for hydroxylation is 1. The van der Waals surface area contributed by atoms with Crippen LogP contribution in [0.15, 0.2) is 48.0 Å². The molecule has 0 radical (unpaired) electrons. The van der Waals surface area contributed by atoms with Crippen molar-refractivity contribution in [1.82, 2.24) is 9.78 Å². The molecule has 2 aromatic carbocycles. The summed E-state index contributed by atoms with van der Waals surface area (Å²) < 4.78 is 7.32. The first-order valence-electron chi connectivity index (χ1n) is 8.68. The average Bonchev–Trinajstić information content (AvgIpc) is 3.02. The van der Waals surface area contributed by atoms with E-state index in [1.165, 1.54) is 16.8 Å². The van der Waals surface area contributed by atoms with Gasteiger partial charge in [0.25, 0.3) is 5.69 Å². The van der Waals surface area contributed by atoms with Crippen LogP contribution in [0.4, 0.5) is 5.69 Å². The van der Waals surface area contributed by atoms with Crippen LogP contribution in [0.25, 0.3) is 11.3 Å². The van der Waals surface area contributed by atoms with Gasteiger partial charge in [-0.3, -0.25) is 15.8 Å². The van der Waals surface area contributed by atoms with Gasteiger partial charge in [0.2, 0.25) is 5.88 Å². The van der Waals surface area contributed by atoms with Gasteiger partial charge in [0.05, 0.1) is 27.4 Å². The largest absolute Gasteiger partial charge is 0.453 e. The van der Waals surface area contributed by atoms with Crippen LogP contribution in [0.1, 0.15) is 16.8 Å². The molecule has 0 bridgehead atoms. The Morgan fingerprint density at radius 3 is 2.60 bits per heavy atom. The molecule has 0 amide bonds. The number of nitrogens with zero attached hydrogens (tertiary/aromatic N) is 4. The summed E-state index contributed by atoms with van der Waals surface area (Å²) in [5.41, 5.74) is 8.67. The number of ether oxygens (including phenoxy) is 1. The van der Waals surface area contributed by atoms with Gasteiger partial charge in [-0.2, -0.15) is 10.4 Å². The summed E-state index contributed by atoms with van der Waals surface area (Å²) in [5, 5.41) is 26.3. The van der Waals surface area contributed by atoms with Gasteiger partial charge in [0.1, 0.15) is 6.07 Å². The molecule has 150 valence electrons. The molecule has 1 atom stereocenters. The van der Waals surface area contributed by atoms with Crippen molar-refractivity contribution in [1.29, 1.82) is 5.26 Å². The van der Waals surface area contributed by atoms with E-state index in [0.29, 0.717) is 44.0 Å². The maximum absolute atomic E-state index is 11.3. The number of nitro groups is 1. The molecular weight excluding hydrogens is 429 g/mol. The smallest absolute Gasteiger partial charge is 0.270 e. The number of halogens is 2. The third kappa shape index (κ3) is 3.29. The van der Waals surface area contributed by atoms with E-state index in [0.717, 1.165) is 0 Å². The average molecular weight is 442 g/mol. The monoisotopic (exact) mass is 441 g/mol. The highest BCUT2D eigenvalue weighted by Crippen LogP contribution is 2.42. The molecule has 1 aliphatic rings. The summed E-state index contributed by atoms with van der Waals surface area (Å²) >= 11 is 12.3. The van der Waals surface area contributed by atoms with Crippen LogP contribution in [0, 0.1) is 28.4 Å². The summed E-state index contributed by atoms with van der Waals surface area (Å²) in [6, 6.07) is 13.0. The molecule has 1 unspecified atom stereocenters. The molecule has 4 rings (SSSR count). The standard InChI is InChI=1S/C20H13Cl2N5O3/c1-10-17-18(11-3-2-4-14(5-11)27(28)29)16(9-23)19(24)30-20(17)26(25-10)15-7-12(21)6-13(22)8-15/h2-8,19H,24H2,1H3. The van der Waals surface area contributed by atoms with Crippen molar-refractivity contribution in [2.45, 2.75) is 13.2 Å². The topological polar surface area (TPSA) is 120 Å². The third-order valence-corrected chi connectivity index (χ3v) is 5.05. The minimum atomic E-state index is -1.08. The zero-order valence-corrected chi connectivity index (χ0v) is 17.0. The number of aromatic nitrogens is 2. The number of rotatable bonds is 3. The van der Waals surface area contributed by atoms with Crippen molar-refractivity contribution in [3.63, 3.8) is 0 Å². The Labute approximate surface area is 180 Å². The number of non-ortho nitro benzene ring substituents is 1. The summed E-state index contributed by atoms with van der Waals surface area (Å²) in [6.07, 6.45) is -1.08. The number of nitrogens with two attached hydrogens (primary N) is 1. The molecule has 30 heavy (non-hydrogen) atoms. The van der Waals surface area contributed by atoms with Crippen molar-refractivity contribution in [3.05, 3.63) is 85.0 Å². The first-order chi connectivity index (χ1) is 14.3. The van der Waals surface area contributed by atoms with E-state index in [1.54, 1.807) is 37.3 Å². The van der Waals surface area contributed by atoms with Crippen LogP contribution >= 0.6 is 23.2 Å². The van der Waals surface area contributed by atoms with Gasteiger partial charge in [-0.25, -0.2) is 4.68 Å². The second kappa shape index (κ2) is 7.46. The lowest BCUT2D eigenvalue weighted by Gasteiger charge is -2.24. The minimum absolute atomic E-state index is 0.106. The molecule has 0 saturated carbocycles. The van der Waals surface area contributed by atoms with E-state index in [9.17, 15) is 15.4 Å². The molecule has 0 saturated heterocycles. The third-order valence-electron chi connectivity index (χ3n) is 4.62. The van der Waals surface area contributed by atoms with Crippen molar-refractivity contribution in [2.24, 2.45) is 5.73 Å². The molecule has 2 N–H and O–H groups in total. The number of nitriles is 1. The Balaban J connectivity index is 2.00. The Bertz CT molecular complexity index is 1260. The van der Waals surface area contributed by atoms with E-state index in [4.69, 9.17) is 33.7 Å².